The summed E-state index contributed by atoms with van der Waals surface area (Å²) in [5.74, 6) is 1.82. The maximum absolute atomic E-state index is 5.65. The van der Waals surface area contributed by atoms with Crippen molar-refractivity contribution in [2.45, 2.75) is 13.0 Å². The summed E-state index contributed by atoms with van der Waals surface area (Å²) in [6.45, 7) is 2.12. The summed E-state index contributed by atoms with van der Waals surface area (Å²) >= 11 is 0. The van der Waals surface area contributed by atoms with Crippen molar-refractivity contribution in [3.05, 3.63) is 89.7 Å². The van der Waals surface area contributed by atoms with Gasteiger partial charge in [0.1, 0.15) is 5.75 Å². The number of H-pyrrole nitrogens is 2. The fourth-order valence-electron chi connectivity index (χ4n) is 3.52. The minimum atomic E-state index is -0.0547. The van der Waals surface area contributed by atoms with Gasteiger partial charge in [-0.2, -0.15) is 0 Å². The third-order valence-corrected chi connectivity index (χ3v) is 4.69. The molecule has 0 saturated heterocycles. The Bertz CT molecular complexity index is 1020. The smallest absolute Gasteiger partial charge is 0.272 e. The number of ether oxygens (including phenoxy) is 1. The average Bonchev–Trinajstić information content (AvgIpc) is 3.02. The molecule has 0 aliphatic rings. The quantitative estimate of drug-likeness (QED) is 0.560. The number of nitrogens with one attached hydrogen (secondary N) is 3. The molecule has 0 bridgehead atoms. The predicted octanol–water partition coefficient (Wildman–Crippen LogP) is 4.50. The van der Waals surface area contributed by atoms with Crippen LogP contribution in [0.15, 0.2) is 72.9 Å². The van der Waals surface area contributed by atoms with Gasteiger partial charge in [0.25, 0.3) is 5.82 Å². The van der Waals surface area contributed by atoms with E-state index in [1.807, 2.05) is 42.6 Å². The highest BCUT2D eigenvalue weighted by molar-refractivity contribution is 5.86. The van der Waals surface area contributed by atoms with Crippen molar-refractivity contribution in [3.8, 4) is 5.75 Å². The molecule has 0 amide bonds. The van der Waals surface area contributed by atoms with E-state index in [0.29, 0.717) is 0 Å². The number of fused-ring (bicyclic) bond motifs is 1. The number of hydrogen-bond acceptors (Lipinski definition) is 2. The van der Waals surface area contributed by atoms with Crippen LogP contribution in [0, 0.1) is 6.92 Å². The Kier molecular flexibility index (Phi) is 4.32. The highest BCUT2D eigenvalue weighted by atomic mass is 16.5. The zero-order chi connectivity index (χ0) is 17.9. The van der Waals surface area contributed by atoms with Crippen LogP contribution in [0.3, 0.4) is 0 Å². The number of aromatic nitrogens is 2. The van der Waals surface area contributed by atoms with Gasteiger partial charge in [-0.05, 0) is 25.1 Å². The van der Waals surface area contributed by atoms with Crippen molar-refractivity contribution in [1.29, 1.82) is 0 Å². The van der Waals surface area contributed by atoms with Gasteiger partial charge in [-0.1, -0.05) is 42.5 Å². The number of para-hydroxylation sites is 2. The molecule has 0 spiro atoms. The van der Waals surface area contributed by atoms with E-state index in [1.165, 1.54) is 10.9 Å². The van der Waals surface area contributed by atoms with Crippen LogP contribution in [0.1, 0.15) is 22.9 Å². The van der Waals surface area contributed by atoms with Gasteiger partial charge in [-0.3, -0.25) is 5.32 Å². The van der Waals surface area contributed by atoms with E-state index in [9.17, 15) is 0 Å². The molecule has 0 radical (unpaired) electrons. The molecule has 4 rings (SSSR count). The molecule has 2 aromatic carbocycles. The third-order valence-electron chi connectivity index (χ3n) is 4.69. The van der Waals surface area contributed by atoms with E-state index >= 15 is 0 Å². The number of methoxy groups -OCH3 is 1. The van der Waals surface area contributed by atoms with Crippen LogP contribution in [0.4, 0.5) is 5.82 Å². The second kappa shape index (κ2) is 6.92. The second-order valence-corrected chi connectivity index (χ2v) is 6.30. The molecule has 130 valence electrons. The lowest BCUT2D eigenvalue weighted by Gasteiger charge is -2.18. The number of pyridine rings is 1. The van der Waals surface area contributed by atoms with E-state index in [1.54, 1.807) is 7.11 Å². The number of hydrogen-bond donors (Lipinski definition) is 2. The van der Waals surface area contributed by atoms with Gasteiger partial charge in [0.15, 0.2) is 6.04 Å². The molecule has 26 heavy (non-hydrogen) atoms. The summed E-state index contributed by atoms with van der Waals surface area (Å²) in [7, 11) is 1.71. The lowest BCUT2D eigenvalue weighted by Crippen LogP contribution is -2.19. The first-order valence-corrected chi connectivity index (χ1v) is 8.71. The van der Waals surface area contributed by atoms with E-state index in [4.69, 9.17) is 4.74 Å². The summed E-state index contributed by atoms with van der Waals surface area (Å²) in [4.78, 5) is 6.78. The fraction of sp³-hybridized carbons (Fsp3) is 0.136. The Balaban J connectivity index is 1.91. The van der Waals surface area contributed by atoms with Crippen LogP contribution in [0.5, 0.6) is 5.75 Å². The Hall–Kier alpha value is -3.27. The largest absolute Gasteiger partial charge is 0.496 e. The normalized spacial score (nSPS) is 12.1. The number of rotatable bonds is 5. The van der Waals surface area contributed by atoms with E-state index in [-0.39, 0.29) is 6.04 Å². The topological polar surface area (TPSA) is 51.2 Å². The number of aromatic amines is 2. The summed E-state index contributed by atoms with van der Waals surface area (Å²) in [6.07, 6.45) is 1.92. The van der Waals surface area contributed by atoms with Gasteiger partial charge in [0, 0.05) is 33.8 Å². The van der Waals surface area contributed by atoms with Gasteiger partial charge in [-0.25, -0.2) is 4.98 Å². The first-order chi connectivity index (χ1) is 12.8. The predicted molar refractivity (Wildman–Crippen MR) is 104 cm³/mol. The van der Waals surface area contributed by atoms with Gasteiger partial charge in [-0.15, -0.1) is 0 Å². The lowest BCUT2D eigenvalue weighted by molar-refractivity contribution is -0.361. The first kappa shape index (κ1) is 16.2. The van der Waals surface area contributed by atoms with Crippen LogP contribution < -0.4 is 15.0 Å². The molecule has 2 heterocycles. The van der Waals surface area contributed by atoms with Crippen molar-refractivity contribution < 1.29 is 9.72 Å². The molecule has 1 atom stereocenters. The molecule has 4 aromatic rings. The first-order valence-electron chi connectivity index (χ1n) is 8.71. The van der Waals surface area contributed by atoms with E-state index in [2.05, 4.69) is 52.5 Å². The molecule has 4 heteroatoms. The fourth-order valence-corrected chi connectivity index (χ4v) is 3.52. The summed E-state index contributed by atoms with van der Waals surface area (Å²) in [5, 5.41) is 4.86. The van der Waals surface area contributed by atoms with Crippen LogP contribution in [-0.4, -0.2) is 12.1 Å². The molecule has 4 nitrogen and oxygen atoms in total. The number of aryl methyl sites for hydroxylation is 1. The lowest BCUT2D eigenvalue weighted by atomic mass is 9.95. The maximum atomic E-state index is 5.65. The zero-order valence-electron chi connectivity index (χ0n) is 14.9. The summed E-state index contributed by atoms with van der Waals surface area (Å²) in [5.41, 5.74) is 4.60. The van der Waals surface area contributed by atoms with Crippen LogP contribution in [-0.2, 0) is 0 Å². The summed E-state index contributed by atoms with van der Waals surface area (Å²) < 4.78 is 5.65. The SMILES string of the molecule is COc1ccccc1C(Nc1cccc[nH+]1)c1c(C)[nH]c2ccccc12. The third kappa shape index (κ3) is 2.90. The highest BCUT2D eigenvalue weighted by Crippen LogP contribution is 2.37. The summed E-state index contributed by atoms with van der Waals surface area (Å²) in [6, 6.07) is 22.5. The van der Waals surface area contributed by atoms with Crippen LogP contribution in [0.25, 0.3) is 10.9 Å². The Morgan fingerprint density at radius 1 is 0.962 bits per heavy atom. The minimum Gasteiger partial charge on any atom is -0.496 e. The molecule has 2 aromatic heterocycles. The van der Waals surface area contributed by atoms with Gasteiger partial charge in [0.05, 0.1) is 13.3 Å². The molecular formula is C22H22N3O+. The van der Waals surface area contributed by atoms with Crippen molar-refractivity contribution in [3.63, 3.8) is 0 Å². The van der Waals surface area contributed by atoms with Gasteiger partial charge >= 0.3 is 0 Å². The van der Waals surface area contributed by atoms with Crippen LogP contribution in [0.2, 0.25) is 0 Å². The molecule has 1 unspecified atom stereocenters. The van der Waals surface area contributed by atoms with Crippen molar-refractivity contribution in [2.75, 3.05) is 12.4 Å². The number of anilines is 1. The van der Waals surface area contributed by atoms with Gasteiger partial charge in [0.2, 0.25) is 0 Å². The van der Waals surface area contributed by atoms with E-state index in [0.717, 1.165) is 28.3 Å². The molecule has 0 aliphatic heterocycles. The van der Waals surface area contributed by atoms with Gasteiger partial charge < -0.3 is 9.72 Å². The second-order valence-electron chi connectivity index (χ2n) is 6.30. The highest BCUT2D eigenvalue weighted by Gasteiger charge is 2.27. The minimum absolute atomic E-state index is 0.0547. The Morgan fingerprint density at radius 3 is 2.54 bits per heavy atom. The monoisotopic (exact) mass is 344 g/mol. The molecule has 3 N–H and O–H groups in total. The molecule has 0 aliphatic carbocycles. The zero-order valence-corrected chi connectivity index (χ0v) is 14.9. The molecular weight excluding hydrogens is 322 g/mol. The van der Waals surface area contributed by atoms with E-state index < -0.39 is 0 Å². The number of benzene rings is 2. The van der Waals surface area contributed by atoms with Crippen molar-refractivity contribution >= 4 is 16.7 Å². The Labute approximate surface area is 152 Å². The standard InChI is InChI=1S/C22H21N3O/c1-15-21(16-9-3-5-11-18(16)24-15)22(25-20-13-7-8-14-23-20)17-10-4-6-12-19(17)26-2/h3-14,22,24H,1-2H3,(H,23,25)/p+1. The average molecular weight is 344 g/mol. The van der Waals surface area contributed by atoms with Crippen LogP contribution >= 0.6 is 0 Å². The maximum Gasteiger partial charge on any atom is 0.272 e. The van der Waals surface area contributed by atoms with Crippen molar-refractivity contribution in [2.24, 2.45) is 0 Å². The molecule has 0 saturated carbocycles. The molecule has 0 fully saturated rings. The Morgan fingerprint density at radius 2 is 1.73 bits per heavy atom. The van der Waals surface area contributed by atoms with Crippen molar-refractivity contribution in [1.82, 2.24) is 4.98 Å².